The third kappa shape index (κ3) is 3.47. The van der Waals surface area contributed by atoms with Gasteiger partial charge in [-0.15, -0.1) is 0 Å². The second kappa shape index (κ2) is 6.75. The van der Waals surface area contributed by atoms with Gasteiger partial charge in [0.2, 0.25) is 0 Å². The van der Waals surface area contributed by atoms with Crippen molar-refractivity contribution in [2.45, 2.75) is 57.3 Å². The number of aromatic nitrogens is 1. The molecule has 0 radical (unpaired) electrons. The van der Waals surface area contributed by atoms with E-state index < -0.39 is 5.79 Å². The molecule has 1 saturated heterocycles. The molecule has 0 unspecified atom stereocenters. The second-order valence-electron chi connectivity index (χ2n) is 6.22. The molecule has 5 nitrogen and oxygen atoms in total. The minimum atomic E-state index is -0.393. The first-order chi connectivity index (χ1) is 10.7. The van der Waals surface area contributed by atoms with Crippen LogP contribution in [0.1, 0.15) is 54.6 Å². The fourth-order valence-electron chi connectivity index (χ4n) is 3.27. The summed E-state index contributed by atoms with van der Waals surface area (Å²) in [7, 11) is 0. The standard InChI is InChI=1S/C17H24N2O3/c1-13-15(7-6-10-18-13)16(20)19-11-14-12-21-17(22-14)8-4-2-3-5-9-17/h6-7,10,14H,2-5,8-9,11-12H2,1H3,(H,19,20)/t14-/m0/s1. The number of aryl methyl sites for hydroxylation is 1. The Hall–Kier alpha value is -1.46. The average Bonchev–Trinajstić information content (AvgIpc) is 2.77. The molecule has 0 aromatic carbocycles. The number of hydrogen-bond donors (Lipinski definition) is 1. The number of nitrogens with one attached hydrogen (secondary N) is 1. The van der Waals surface area contributed by atoms with Crippen LogP contribution in [0.15, 0.2) is 18.3 Å². The van der Waals surface area contributed by atoms with E-state index in [1.165, 1.54) is 12.8 Å². The van der Waals surface area contributed by atoms with Crippen LogP contribution in [0.3, 0.4) is 0 Å². The van der Waals surface area contributed by atoms with E-state index in [2.05, 4.69) is 10.3 Å². The Morgan fingerprint density at radius 1 is 1.36 bits per heavy atom. The molecule has 1 aliphatic carbocycles. The summed E-state index contributed by atoms with van der Waals surface area (Å²) >= 11 is 0. The maximum absolute atomic E-state index is 12.2. The lowest BCUT2D eigenvalue weighted by atomic mass is 10.1. The zero-order valence-electron chi connectivity index (χ0n) is 13.1. The van der Waals surface area contributed by atoms with Crippen LogP contribution in [0, 0.1) is 6.92 Å². The number of pyridine rings is 1. The fourth-order valence-corrected chi connectivity index (χ4v) is 3.27. The van der Waals surface area contributed by atoms with E-state index in [9.17, 15) is 4.79 Å². The van der Waals surface area contributed by atoms with Crippen molar-refractivity contribution in [2.24, 2.45) is 0 Å². The molecule has 1 aliphatic heterocycles. The van der Waals surface area contributed by atoms with Gasteiger partial charge in [0, 0.05) is 31.3 Å². The van der Waals surface area contributed by atoms with Crippen LogP contribution >= 0.6 is 0 Å². The Labute approximate surface area is 131 Å². The predicted octanol–water partition coefficient (Wildman–Crippen LogP) is 2.59. The molecule has 120 valence electrons. The average molecular weight is 304 g/mol. The molecule has 2 aliphatic rings. The lowest BCUT2D eigenvalue weighted by molar-refractivity contribution is -0.175. The molecule has 5 heteroatoms. The van der Waals surface area contributed by atoms with E-state index in [1.54, 1.807) is 18.3 Å². The smallest absolute Gasteiger partial charge is 0.253 e. The molecule has 22 heavy (non-hydrogen) atoms. The highest BCUT2D eigenvalue weighted by Gasteiger charge is 2.41. The van der Waals surface area contributed by atoms with Crippen LogP contribution in [0.2, 0.25) is 0 Å². The lowest BCUT2D eigenvalue weighted by Crippen LogP contribution is -2.36. The number of carbonyl (C=O) groups excluding carboxylic acids is 1. The summed E-state index contributed by atoms with van der Waals surface area (Å²) in [5.74, 6) is -0.494. The molecule has 1 aromatic heterocycles. The van der Waals surface area contributed by atoms with Crippen LogP contribution in [0.5, 0.6) is 0 Å². The molecular weight excluding hydrogens is 280 g/mol. The van der Waals surface area contributed by atoms with Crippen molar-refractivity contribution in [3.8, 4) is 0 Å². The second-order valence-corrected chi connectivity index (χ2v) is 6.22. The van der Waals surface area contributed by atoms with Crippen LogP contribution in [-0.4, -0.2) is 35.9 Å². The van der Waals surface area contributed by atoms with Crippen LogP contribution < -0.4 is 5.32 Å². The van der Waals surface area contributed by atoms with Gasteiger partial charge in [-0.1, -0.05) is 12.8 Å². The topological polar surface area (TPSA) is 60.5 Å². The Bertz CT molecular complexity index is 524. The molecule has 2 heterocycles. The minimum Gasteiger partial charge on any atom is -0.349 e. The minimum absolute atomic E-state index is 0.0565. The van der Waals surface area contributed by atoms with E-state index in [-0.39, 0.29) is 12.0 Å². The van der Waals surface area contributed by atoms with Crippen LogP contribution in [0.4, 0.5) is 0 Å². The monoisotopic (exact) mass is 304 g/mol. The highest BCUT2D eigenvalue weighted by Crippen LogP contribution is 2.36. The Kier molecular flexibility index (Phi) is 4.74. The summed E-state index contributed by atoms with van der Waals surface area (Å²) in [6.45, 7) is 2.88. The van der Waals surface area contributed by atoms with Crippen molar-refractivity contribution in [1.82, 2.24) is 10.3 Å². The van der Waals surface area contributed by atoms with Crippen molar-refractivity contribution >= 4 is 5.91 Å². The zero-order chi connectivity index (χ0) is 15.4. The maximum atomic E-state index is 12.2. The molecule has 1 saturated carbocycles. The molecule has 1 atom stereocenters. The number of ether oxygens (including phenoxy) is 2. The first-order valence-electron chi connectivity index (χ1n) is 8.20. The zero-order valence-corrected chi connectivity index (χ0v) is 13.1. The number of rotatable bonds is 3. The first-order valence-corrected chi connectivity index (χ1v) is 8.20. The summed E-state index contributed by atoms with van der Waals surface area (Å²) in [5, 5.41) is 2.94. The summed E-state index contributed by atoms with van der Waals surface area (Å²) < 4.78 is 12.1. The quantitative estimate of drug-likeness (QED) is 0.932. The Balaban J connectivity index is 1.52. The molecule has 0 bridgehead atoms. The summed E-state index contributed by atoms with van der Waals surface area (Å²) in [5.41, 5.74) is 1.36. The fraction of sp³-hybridized carbons (Fsp3) is 0.647. The van der Waals surface area contributed by atoms with Gasteiger partial charge in [-0.25, -0.2) is 0 Å². The van der Waals surface area contributed by atoms with Crippen molar-refractivity contribution in [1.29, 1.82) is 0 Å². The predicted molar refractivity (Wildman–Crippen MR) is 82.6 cm³/mol. The molecule has 1 amide bonds. The van der Waals surface area contributed by atoms with Gasteiger partial charge in [0.1, 0.15) is 6.10 Å². The summed E-state index contributed by atoms with van der Waals surface area (Å²) in [4.78, 5) is 16.3. The third-order valence-corrected chi connectivity index (χ3v) is 4.52. The van der Waals surface area contributed by atoms with Crippen molar-refractivity contribution in [2.75, 3.05) is 13.2 Å². The largest absolute Gasteiger partial charge is 0.349 e. The van der Waals surface area contributed by atoms with Gasteiger partial charge in [-0.2, -0.15) is 0 Å². The molecule has 3 rings (SSSR count). The highest BCUT2D eigenvalue weighted by atomic mass is 16.7. The first kappa shape index (κ1) is 15.4. The number of carbonyl (C=O) groups is 1. The Morgan fingerprint density at radius 2 is 2.14 bits per heavy atom. The van der Waals surface area contributed by atoms with Gasteiger partial charge in [-0.05, 0) is 31.9 Å². The maximum Gasteiger partial charge on any atom is 0.253 e. The van der Waals surface area contributed by atoms with E-state index in [0.717, 1.165) is 31.4 Å². The highest BCUT2D eigenvalue weighted by molar-refractivity contribution is 5.95. The molecule has 2 fully saturated rings. The van der Waals surface area contributed by atoms with Crippen LogP contribution in [0.25, 0.3) is 0 Å². The van der Waals surface area contributed by atoms with Gasteiger partial charge in [-0.3, -0.25) is 9.78 Å². The third-order valence-electron chi connectivity index (χ3n) is 4.52. The number of hydrogen-bond acceptors (Lipinski definition) is 4. The van der Waals surface area contributed by atoms with Crippen molar-refractivity contribution in [3.05, 3.63) is 29.6 Å². The van der Waals surface area contributed by atoms with Crippen molar-refractivity contribution < 1.29 is 14.3 Å². The van der Waals surface area contributed by atoms with E-state index >= 15 is 0 Å². The van der Waals surface area contributed by atoms with Gasteiger partial charge in [0.15, 0.2) is 5.79 Å². The van der Waals surface area contributed by atoms with E-state index in [0.29, 0.717) is 18.7 Å². The number of amides is 1. The van der Waals surface area contributed by atoms with Gasteiger partial charge in [0.25, 0.3) is 5.91 Å². The summed E-state index contributed by atoms with van der Waals surface area (Å²) in [6.07, 6.45) is 8.42. The normalized spacial score (nSPS) is 24.1. The summed E-state index contributed by atoms with van der Waals surface area (Å²) in [6, 6.07) is 3.56. The lowest BCUT2D eigenvalue weighted by Gasteiger charge is -2.26. The molecule has 1 spiro atoms. The Morgan fingerprint density at radius 3 is 2.86 bits per heavy atom. The number of nitrogens with zero attached hydrogens (tertiary/aromatic N) is 1. The SMILES string of the molecule is Cc1ncccc1C(=O)NC[C@H]1COC2(CCCCCC2)O1. The molecular formula is C17H24N2O3. The van der Waals surface area contributed by atoms with Gasteiger partial charge < -0.3 is 14.8 Å². The molecule has 1 aromatic rings. The van der Waals surface area contributed by atoms with Gasteiger partial charge >= 0.3 is 0 Å². The van der Waals surface area contributed by atoms with Gasteiger partial charge in [0.05, 0.1) is 12.2 Å². The van der Waals surface area contributed by atoms with E-state index in [1.807, 2.05) is 6.92 Å². The van der Waals surface area contributed by atoms with Crippen molar-refractivity contribution in [3.63, 3.8) is 0 Å². The molecule has 1 N–H and O–H groups in total. The van der Waals surface area contributed by atoms with Crippen LogP contribution in [-0.2, 0) is 9.47 Å². The van der Waals surface area contributed by atoms with E-state index in [4.69, 9.17) is 9.47 Å².